The van der Waals surface area contributed by atoms with Gasteiger partial charge in [-0.1, -0.05) is 42.8 Å². The highest BCUT2D eigenvalue weighted by molar-refractivity contribution is 6.30. The molecule has 2 unspecified atom stereocenters. The molecule has 3 N–H and O–H groups in total. The molecule has 4 nitrogen and oxygen atoms in total. The number of benzene rings is 2. The molecule has 0 saturated heterocycles. The fourth-order valence-corrected chi connectivity index (χ4v) is 2.80. The zero-order valence-corrected chi connectivity index (χ0v) is 14.6. The highest BCUT2D eigenvalue weighted by Gasteiger charge is 2.36. The van der Waals surface area contributed by atoms with Crippen molar-refractivity contribution in [2.45, 2.75) is 31.5 Å². The van der Waals surface area contributed by atoms with E-state index >= 15 is 0 Å². The van der Waals surface area contributed by atoms with Gasteiger partial charge in [0.05, 0.1) is 6.10 Å². The molecule has 2 aromatic carbocycles. The van der Waals surface area contributed by atoms with Gasteiger partial charge in [-0.25, -0.2) is 4.39 Å². The number of amides is 1. The van der Waals surface area contributed by atoms with Crippen LogP contribution in [-0.2, 0) is 16.8 Å². The molecule has 0 radical (unpaired) electrons. The van der Waals surface area contributed by atoms with Gasteiger partial charge in [0.15, 0.2) is 5.60 Å². The van der Waals surface area contributed by atoms with E-state index in [0.29, 0.717) is 16.1 Å². The summed E-state index contributed by atoms with van der Waals surface area (Å²) in [5.41, 5.74) is -0.717. The third-order valence-corrected chi connectivity index (χ3v) is 4.28. The maximum absolute atomic E-state index is 13.2. The third kappa shape index (κ3) is 5.01. The molecule has 0 aliphatic carbocycles. The number of carbonyl (C=O) groups excluding carboxylic acids is 1. The number of carbonyl (C=O) groups is 1. The molecule has 25 heavy (non-hydrogen) atoms. The summed E-state index contributed by atoms with van der Waals surface area (Å²) in [5.74, 6) is -0.995. The first-order valence-electron chi connectivity index (χ1n) is 8.04. The van der Waals surface area contributed by atoms with Crippen molar-refractivity contribution in [3.63, 3.8) is 0 Å². The van der Waals surface area contributed by atoms with Gasteiger partial charge in [0.1, 0.15) is 5.82 Å². The van der Waals surface area contributed by atoms with Crippen LogP contribution in [0.25, 0.3) is 0 Å². The second-order valence-electron chi connectivity index (χ2n) is 5.92. The van der Waals surface area contributed by atoms with Crippen LogP contribution in [0.2, 0.25) is 5.02 Å². The second kappa shape index (κ2) is 8.43. The van der Waals surface area contributed by atoms with Gasteiger partial charge >= 0.3 is 0 Å². The van der Waals surface area contributed by atoms with Crippen molar-refractivity contribution in [2.75, 3.05) is 6.54 Å². The lowest BCUT2D eigenvalue weighted by molar-refractivity contribution is -0.141. The van der Waals surface area contributed by atoms with E-state index < -0.39 is 17.6 Å². The molecule has 0 fully saturated rings. The predicted octanol–water partition coefficient (Wildman–Crippen LogP) is 2.80. The topological polar surface area (TPSA) is 69.6 Å². The Labute approximate surface area is 151 Å². The van der Waals surface area contributed by atoms with E-state index in [-0.39, 0.29) is 25.2 Å². The van der Waals surface area contributed by atoms with Crippen molar-refractivity contribution in [3.8, 4) is 0 Å². The lowest BCUT2D eigenvalue weighted by Gasteiger charge is -2.27. The minimum atomic E-state index is -1.73. The molecule has 0 aliphatic rings. The molecule has 0 spiro atoms. The molecule has 6 heteroatoms. The summed E-state index contributed by atoms with van der Waals surface area (Å²) < 4.78 is 13.2. The van der Waals surface area contributed by atoms with Gasteiger partial charge in [0.2, 0.25) is 0 Å². The Kier molecular flexibility index (Phi) is 6.53. The van der Waals surface area contributed by atoms with Gasteiger partial charge in [0, 0.05) is 18.0 Å². The van der Waals surface area contributed by atoms with Crippen molar-refractivity contribution in [1.29, 1.82) is 0 Å². The Morgan fingerprint density at radius 1 is 1.28 bits per heavy atom. The molecule has 2 atom stereocenters. The first kappa shape index (κ1) is 19.4. The van der Waals surface area contributed by atoms with Crippen molar-refractivity contribution >= 4 is 17.5 Å². The highest BCUT2D eigenvalue weighted by atomic mass is 35.5. The molecule has 0 saturated carbocycles. The lowest BCUT2D eigenvalue weighted by atomic mass is 9.90. The number of halogens is 2. The van der Waals surface area contributed by atoms with Crippen LogP contribution in [0.15, 0.2) is 48.5 Å². The zero-order chi connectivity index (χ0) is 18.4. The average molecular weight is 366 g/mol. The molecule has 0 heterocycles. The Morgan fingerprint density at radius 3 is 2.64 bits per heavy atom. The number of aliphatic hydroxyl groups excluding tert-OH is 1. The van der Waals surface area contributed by atoms with E-state index in [1.165, 1.54) is 18.2 Å². The number of aliphatic hydroxyl groups is 2. The van der Waals surface area contributed by atoms with E-state index in [0.717, 1.165) is 0 Å². The predicted molar refractivity (Wildman–Crippen MR) is 94.8 cm³/mol. The summed E-state index contributed by atoms with van der Waals surface area (Å²) in [6.07, 6.45) is -0.551. The maximum Gasteiger partial charge on any atom is 0.256 e. The SMILES string of the molecule is CCC(O)(C(=O)NCC(O)Cc1cccc(F)c1)c1cccc(Cl)c1. The van der Waals surface area contributed by atoms with Crippen molar-refractivity contribution in [3.05, 3.63) is 70.5 Å². The molecule has 2 rings (SSSR count). The summed E-state index contributed by atoms with van der Waals surface area (Å²) in [7, 11) is 0. The second-order valence-corrected chi connectivity index (χ2v) is 6.36. The molecule has 1 amide bonds. The van der Waals surface area contributed by atoms with Gasteiger partial charge in [-0.05, 0) is 41.8 Å². The van der Waals surface area contributed by atoms with Gasteiger partial charge < -0.3 is 15.5 Å². The Morgan fingerprint density at radius 2 is 2.00 bits per heavy atom. The van der Waals surface area contributed by atoms with Crippen LogP contribution in [0.1, 0.15) is 24.5 Å². The summed E-state index contributed by atoms with van der Waals surface area (Å²) in [6, 6.07) is 12.4. The minimum Gasteiger partial charge on any atom is -0.391 e. The molecule has 0 bridgehead atoms. The smallest absolute Gasteiger partial charge is 0.256 e. The van der Waals surface area contributed by atoms with E-state index in [4.69, 9.17) is 11.6 Å². The van der Waals surface area contributed by atoms with E-state index in [1.807, 2.05) is 0 Å². The first-order chi connectivity index (χ1) is 11.8. The van der Waals surface area contributed by atoms with E-state index in [2.05, 4.69) is 5.32 Å². The Bertz CT molecular complexity index is 740. The van der Waals surface area contributed by atoms with E-state index in [1.54, 1.807) is 37.3 Å². The summed E-state index contributed by atoms with van der Waals surface area (Å²) in [5, 5.41) is 23.7. The fourth-order valence-electron chi connectivity index (χ4n) is 2.61. The van der Waals surface area contributed by atoms with Crippen molar-refractivity contribution in [2.24, 2.45) is 0 Å². The maximum atomic E-state index is 13.2. The van der Waals surface area contributed by atoms with Crippen LogP contribution in [0, 0.1) is 5.82 Å². The van der Waals surface area contributed by atoms with E-state index in [9.17, 15) is 19.4 Å². The normalized spacial score (nSPS) is 14.6. The quantitative estimate of drug-likeness (QED) is 0.706. The number of hydrogen-bond donors (Lipinski definition) is 3. The Hall–Kier alpha value is -1.95. The van der Waals surface area contributed by atoms with Crippen LogP contribution in [0.3, 0.4) is 0 Å². The van der Waals surface area contributed by atoms with Crippen LogP contribution >= 0.6 is 11.6 Å². The van der Waals surface area contributed by atoms with Gasteiger partial charge in [-0.3, -0.25) is 4.79 Å². The molecule has 0 aliphatic heterocycles. The Balaban J connectivity index is 1.99. The highest BCUT2D eigenvalue weighted by Crippen LogP contribution is 2.27. The first-order valence-corrected chi connectivity index (χ1v) is 8.42. The van der Waals surface area contributed by atoms with Crippen LogP contribution in [0.5, 0.6) is 0 Å². The van der Waals surface area contributed by atoms with Gasteiger partial charge in [0.25, 0.3) is 5.91 Å². The summed E-state index contributed by atoms with van der Waals surface area (Å²) in [6.45, 7) is 1.63. The molecule has 0 aromatic heterocycles. The fraction of sp³-hybridized carbons (Fsp3) is 0.316. The van der Waals surface area contributed by atoms with Crippen LogP contribution < -0.4 is 5.32 Å². The largest absolute Gasteiger partial charge is 0.391 e. The van der Waals surface area contributed by atoms with Gasteiger partial charge in [-0.2, -0.15) is 0 Å². The number of nitrogens with one attached hydrogen (secondary N) is 1. The summed E-state index contributed by atoms with van der Waals surface area (Å²) >= 11 is 5.93. The monoisotopic (exact) mass is 365 g/mol. The standard InChI is InChI=1S/C19H21ClFNO3/c1-2-19(25,14-6-4-7-15(20)11-14)18(24)22-12-17(23)10-13-5-3-8-16(21)9-13/h3-9,11,17,23,25H,2,10,12H2,1H3,(H,22,24). The molecule has 2 aromatic rings. The van der Waals surface area contributed by atoms with Crippen LogP contribution in [0.4, 0.5) is 4.39 Å². The van der Waals surface area contributed by atoms with Crippen LogP contribution in [-0.4, -0.2) is 28.8 Å². The number of hydrogen-bond acceptors (Lipinski definition) is 3. The molecule has 134 valence electrons. The average Bonchev–Trinajstić information content (AvgIpc) is 2.59. The summed E-state index contributed by atoms with van der Waals surface area (Å²) in [4.78, 5) is 12.4. The van der Waals surface area contributed by atoms with Gasteiger partial charge in [-0.15, -0.1) is 0 Å². The molecular weight excluding hydrogens is 345 g/mol. The molecular formula is C19H21ClFNO3. The zero-order valence-electron chi connectivity index (χ0n) is 13.9. The third-order valence-electron chi connectivity index (χ3n) is 4.05. The number of rotatable bonds is 7. The minimum absolute atomic E-state index is 0.0573. The lowest BCUT2D eigenvalue weighted by Crippen LogP contribution is -2.46. The van der Waals surface area contributed by atoms with Crippen molar-refractivity contribution < 1.29 is 19.4 Å². The van der Waals surface area contributed by atoms with Crippen molar-refractivity contribution in [1.82, 2.24) is 5.32 Å².